The van der Waals surface area contributed by atoms with Gasteiger partial charge in [0, 0.05) is 12.5 Å². The summed E-state index contributed by atoms with van der Waals surface area (Å²) in [5.74, 6) is -0.0485. The Kier molecular flexibility index (Phi) is 4.49. The first-order valence-electron chi connectivity index (χ1n) is 7.79. The van der Waals surface area contributed by atoms with Crippen molar-refractivity contribution in [3.05, 3.63) is 53.6 Å². The van der Waals surface area contributed by atoms with Gasteiger partial charge in [0.1, 0.15) is 11.5 Å². The number of aryl methyl sites for hydroxylation is 1. The maximum Gasteiger partial charge on any atom is 0.307 e. The fourth-order valence-electron chi connectivity index (χ4n) is 3.03. The summed E-state index contributed by atoms with van der Waals surface area (Å²) in [4.78, 5) is 20.0. The molecule has 2 aromatic rings. The van der Waals surface area contributed by atoms with Crippen molar-refractivity contribution in [1.29, 1.82) is 0 Å². The second-order valence-corrected chi connectivity index (χ2v) is 6.07. The van der Waals surface area contributed by atoms with E-state index < -0.39 is 17.3 Å². The Balaban J connectivity index is 1.82. The largest absolute Gasteiger partial charge is 0.489 e. The Morgan fingerprint density at radius 3 is 2.75 bits per heavy atom. The number of benzene rings is 1. The number of carboxylic acids is 1. The number of rotatable bonds is 7. The molecule has 0 amide bonds. The van der Waals surface area contributed by atoms with Crippen LogP contribution in [-0.2, 0) is 21.6 Å². The number of methoxy groups -OCH3 is 1. The SMILES string of the molecule is COCc1nc(C)ncc1OC[C@@]1(c2ccccc2)C[C@H]1C(=O)O. The van der Waals surface area contributed by atoms with Gasteiger partial charge in [-0.3, -0.25) is 4.79 Å². The first-order valence-corrected chi connectivity index (χ1v) is 7.79. The molecular weight excluding hydrogens is 308 g/mol. The van der Waals surface area contributed by atoms with E-state index in [0.717, 1.165) is 5.56 Å². The lowest BCUT2D eigenvalue weighted by atomic mass is 9.94. The predicted molar refractivity (Wildman–Crippen MR) is 86.8 cm³/mol. The topological polar surface area (TPSA) is 81.5 Å². The molecule has 0 saturated heterocycles. The maximum atomic E-state index is 11.5. The molecule has 1 heterocycles. The Morgan fingerprint density at radius 2 is 2.12 bits per heavy atom. The molecule has 6 heteroatoms. The van der Waals surface area contributed by atoms with Crippen LogP contribution in [0.4, 0.5) is 0 Å². The van der Waals surface area contributed by atoms with E-state index in [2.05, 4.69) is 9.97 Å². The zero-order chi connectivity index (χ0) is 17.2. The van der Waals surface area contributed by atoms with Gasteiger partial charge in [-0.15, -0.1) is 0 Å². The maximum absolute atomic E-state index is 11.5. The third-order valence-electron chi connectivity index (χ3n) is 4.44. The monoisotopic (exact) mass is 328 g/mol. The molecule has 1 N–H and O–H groups in total. The van der Waals surface area contributed by atoms with Crippen LogP contribution < -0.4 is 4.74 Å². The highest BCUT2D eigenvalue weighted by Crippen LogP contribution is 2.54. The minimum Gasteiger partial charge on any atom is -0.489 e. The predicted octanol–water partition coefficient (Wildman–Crippen LogP) is 2.35. The molecule has 1 aliphatic carbocycles. The number of carbonyl (C=O) groups is 1. The number of hydrogen-bond acceptors (Lipinski definition) is 5. The van der Waals surface area contributed by atoms with Crippen LogP contribution in [0, 0.1) is 12.8 Å². The summed E-state index contributed by atoms with van der Waals surface area (Å²) in [7, 11) is 1.59. The summed E-state index contributed by atoms with van der Waals surface area (Å²) >= 11 is 0. The molecular formula is C18H20N2O4. The number of nitrogens with zero attached hydrogens (tertiary/aromatic N) is 2. The van der Waals surface area contributed by atoms with Gasteiger partial charge in [-0.25, -0.2) is 9.97 Å². The molecule has 126 valence electrons. The molecule has 1 saturated carbocycles. The number of carboxylic acid groups (broad SMARTS) is 1. The number of hydrogen-bond donors (Lipinski definition) is 1. The second kappa shape index (κ2) is 6.57. The molecule has 6 nitrogen and oxygen atoms in total. The van der Waals surface area contributed by atoms with Crippen molar-refractivity contribution in [2.75, 3.05) is 13.7 Å². The van der Waals surface area contributed by atoms with E-state index in [-0.39, 0.29) is 6.61 Å². The van der Waals surface area contributed by atoms with Gasteiger partial charge in [0.25, 0.3) is 0 Å². The Bertz CT molecular complexity index is 735. The molecule has 3 rings (SSSR count). The van der Waals surface area contributed by atoms with Crippen molar-refractivity contribution in [3.63, 3.8) is 0 Å². The van der Waals surface area contributed by atoms with Crippen molar-refractivity contribution < 1.29 is 19.4 Å². The summed E-state index contributed by atoms with van der Waals surface area (Å²) in [6.07, 6.45) is 2.19. The van der Waals surface area contributed by atoms with E-state index in [1.165, 1.54) is 0 Å². The minimum absolute atomic E-state index is 0.275. The first kappa shape index (κ1) is 16.4. The third-order valence-corrected chi connectivity index (χ3v) is 4.44. The number of ether oxygens (including phenoxy) is 2. The van der Waals surface area contributed by atoms with E-state index in [1.54, 1.807) is 20.2 Å². The van der Waals surface area contributed by atoms with Crippen molar-refractivity contribution in [2.45, 2.75) is 25.4 Å². The molecule has 0 bridgehead atoms. The van der Waals surface area contributed by atoms with E-state index in [4.69, 9.17) is 9.47 Å². The molecule has 0 radical (unpaired) electrons. The normalized spacial score (nSPS) is 22.2. The fourth-order valence-corrected chi connectivity index (χ4v) is 3.03. The highest BCUT2D eigenvalue weighted by atomic mass is 16.5. The van der Waals surface area contributed by atoms with Crippen LogP contribution in [0.25, 0.3) is 0 Å². The third kappa shape index (κ3) is 3.10. The van der Waals surface area contributed by atoms with Gasteiger partial charge < -0.3 is 14.6 Å². The van der Waals surface area contributed by atoms with Gasteiger partial charge in [0.05, 0.1) is 25.3 Å². The van der Waals surface area contributed by atoms with Crippen LogP contribution >= 0.6 is 0 Å². The molecule has 0 spiro atoms. The Labute approximate surface area is 140 Å². The van der Waals surface area contributed by atoms with Gasteiger partial charge in [0.2, 0.25) is 0 Å². The summed E-state index contributed by atoms with van der Waals surface area (Å²) in [6, 6.07) is 9.65. The van der Waals surface area contributed by atoms with E-state index in [9.17, 15) is 9.90 Å². The lowest BCUT2D eigenvalue weighted by Crippen LogP contribution is -2.24. The zero-order valence-electron chi connectivity index (χ0n) is 13.7. The summed E-state index contributed by atoms with van der Waals surface area (Å²) in [5.41, 5.74) is 1.15. The van der Waals surface area contributed by atoms with Gasteiger partial charge in [-0.1, -0.05) is 30.3 Å². The molecule has 1 aliphatic rings. The molecule has 24 heavy (non-hydrogen) atoms. The second-order valence-electron chi connectivity index (χ2n) is 6.07. The highest BCUT2D eigenvalue weighted by Gasteiger charge is 2.60. The van der Waals surface area contributed by atoms with Gasteiger partial charge in [0.15, 0.2) is 5.75 Å². The highest BCUT2D eigenvalue weighted by molar-refractivity contribution is 5.77. The lowest BCUT2D eigenvalue weighted by Gasteiger charge is -2.19. The van der Waals surface area contributed by atoms with E-state index in [1.807, 2.05) is 30.3 Å². The molecule has 0 unspecified atom stereocenters. The summed E-state index contributed by atoms with van der Waals surface area (Å²) in [6.45, 7) is 2.40. The Hall–Kier alpha value is -2.47. The molecule has 2 atom stereocenters. The zero-order valence-corrected chi connectivity index (χ0v) is 13.7. The summed E-state index contributed by atoms with van der Waals surface area (Å²) < 4.78 is 11.1. The van der Waals surface area contributed by atoms with Gasteiger partial charge >= 0.3 is 5.97 Å². The molecule has 1 aromatic heterocycles. The lowest BCUT2D eigenvalue weighted by molar-refractivity contribution is -0.139. The molecule has 1 fully saturated rings. The minimum atomic E-state index is -0.792. The summed E-state index contributed by atoms with van der Waals surface area (Å²) in [5, 5.41) is 9.42. The van der Waals surface area contributed by atoms with Crippen molar-refractivity contribution in [1.82, 2.24) is 9.97 Å². The number of aliphatic carboxylic acids is 1. The average Bonchev–Trinajstić information content (AvgIpc) is 3.32. The fraction of sp³-hybridized carbons (Fsp3) is 0.389. The van der Waals surface area contributed by atoms with Crippen molar-refractivity contribution >= 4 is 5.97 Å². The molecule has 1 aromatic carbocycles. The van der Waals surface area contributed by atoms with Crippen LogP contribution in [0.15, 0.2) is 36.5 Å². The van der Waals surface area contributed by atoms with Crippen molar-refractivity contribution in [2.24, 2.45) is 5.92 Å². The van der Waals surface area contributed by atoms with Gasteiger partial charge in [-0.05, 0) is 18.9 Å². The van der Waals surface area contributed by atoms with Crippen LogP contribution in [0.1, 0.15) is 23.5 Å². The smallest absolute Gasteiger partial charge is 0.307 e. The van der Waals surface area contributed by atoms with Crippen LogP contribution in [0.3, 0.4) is 0 Å². The number of aromatic nitrogens is 2. The van der Waals surface area contributed by atoms with Crippen LogP contribution in [0.5, 0.6) is 5.75 Å². The quantitative estimate of drug-likeness (QED) is 0.840. The van der Waals surface area contributed by atoms with Gasteiger partial charge in [-0.2, -0.15) is 0 Å². The van der Waals surface area contributed by atoms with Crippen LogP contribution in [-0.4, -0.2) is 34.8 Å². The van der Waals surface area contributed by atoms with E-state index in [0.29, 0.717) is 30.3 Å². The van der Waals surface area contributed by atoms with Crippen LogP contribution in [0.2, 0.25) is 0 Å². The Morgan fingerprint density at radius 1 is 1.38 bits per heavy atom. The average molecular weight is 328 g/mol. The first-order chi connectivity index (χ1) is 11.6. The van der Waals surface area contributed by atoms with E-state index >= 15 is 0 Å². The standard InChI is InChI=1S/C18H20N2O4/c1-12-19-9-16(15(20-12)10-23-2)24-11-18(8-14(18)17(21)22)13-6-4-3-5-7-13/h3-7,9,14H,8,10-11H2,1-2H3,(H,21,22)/t14-,18+/m0/s1. The molecule has 0 aliphatic heterocycles. The van der Waals surface area contributed by atoms with Crippen molar-refractivity contribution in [3.8, 4) is 5.75 Å².